The summed E-state index contributed by atoms with van der Waals surface area (Å²) in [6, 6.07) is 9.14. The number of nitrogens with zero attached hydrogens (tertiary/aromatic N) is 1. The van der Waals surface area contributed by atoms with Gasteiger partial charge in [-0.25, -0.2) is 0 Å². The maximum atomic E-state index is 12.2. The molecule has 112 valence electrons. The number of ether oxygens (including phenoxy) is 1. The van der Waals surface area contributed by atoms with Crippen LogP contribution in [-0.4, -0.2) is 31.0 Å². The first-order valence-corrected chi connectivity index (χ1v) is 8.50. The molecule has 0 aliphatic heterocycles. The van der Waals surface area contributed by atoms with Crippen LogP contribution in [0.1, 0.15) is 16.1 Å². The second-order valence-electron chi connectivity index (χ2n) is 4.48. The van der Waals surface area contributed by atoms with E-state index >= 15 is 0 Å². The van der Waals surface area contributed by atoms with Crippen molar-refractivity contribution in [2.24, 2.45) is 0 Å². The molecule has 0 atom stereocenters. The van der Waals surface area contributed by atoms with Crippen LogP contribution in [0.2, 0.25) is 5.02 Å². The normalized spacial score (nSPS) is 10.4. The third-order valence-electron chi connectivity index (χ3n) is 2.88. The molecule has 1 aromatic carbocycles. The van der Waals surface area contributed by atoms with Gasteiger partial charge in [-0.1, -0.05) is 11.6 Å². The lowest BCUT2D eigenvalue weighted by Crippen LogP contribution is -2.28. The smallest absolute Gasteiger partial charge is 0.264 e. The quantitative estimate of drug-likeness (QED) is 0.671. The zero-order valence-corrected chi connectivity index (χ0v) is 14.7. The van der Waals surface area contributed by atoms with Crippen molar-refractivity contribution < 1.29 is 9.53 Å². The van der Waals surface area contributed by atoms with Gasteiger partial charge in [-0.2, -0.15) is 0 Å². The minimum absolute atomic E-state index is 0.0309. The number of carbonyl (C=O) groups excluding carboxylic acids is 1. The fourth-order valence-corrected chi connectivity index (χ4v) is 3.40. The van der Waals surface area contributed by atoms with Gasteiger partial charge in [-0.05, 0) is 58.1 Å². The Kier molecular flexibility index (Phi) is 6.08. The Morgan fingerprint density at radius 1 is 1.33 bits per heavy atom. The first-order valence-electron chi connectivity index (χ1n) is 6.45. The molecule has 0 aliphatic carbocycles. The molecule has 21 heavy (non-hydrogen) atoms. The van der Waals surface area contributed by atoms with E-state index < -0.39 is 0 Å². The van der Waals surface area contributed by atoms with Crippen LogP contribution in [0.5, 0.6) is 5.75 Å². The zero-order valence-electron chi connectivity index (χ0n) is 11.5. The SMILES string of the molecule is CN(CCCOc1ccc(Cl)cc1)C(=O)c1sccc1Br. The molecule has 1 amide bonds. The standard InChI is InChI=1S/C15H15BrClNO2S/c1-18(15(19)14-13(16)7-10-21-14)8-2-9-20-12-5-3-11(17)4-6-12/h3-7,10H,2,8-9H2,1H3. The van der Waals surface area contributed by atoms with Crippen LogP contribution < -0.4 is 4.74 Å². The van der Waals surface area contributed by atoms with E-state index in [-0.39, 0.29) is 5.91 Å². The van der Waals surface area contributed by atoms with Gasteiger partial charge in [-0.15, -0.1) is 11.3 Å². The van der Waals surface area contributed by atoms with Crippen molar-refractivity contribution in [1.29, 1.82) is 0 Å². The summed E-state index contributed by atoms with van der Waals surface area (Å²) in [6.07, 6.45) is 0.772. The van der Waals surface area contributed by atoms with Crippen LogP contribution in [-0.2, 0) is 0 Å². The average Bonchev–Trinajstić information content (AvgIpc) is 2.90. The Morgan fingerprint density at radius 2 is 2.05 bits per heavy atom. The Balaban J connectivity index is 1.74. The molecule has 0 radical (unpaired) electrons. The second-order valence-corrected chi connectivity index (χ2v) is 6.69. The van der Waals surface area contributed by atoms with Crippen molar-refractivity contribution in [1.82, 2.24) is 4.90 Å². The largest absolute Gasteiger partial charge is 0.494 e. The number of amides is 1. The summed E-state index contributed by atoms with van der Waals surface area (Å²) in [6.45, 7) is 1.21. The third kappa shape index (κ3) is 4.73. The average molecular weight is 389 g/mol. The van der Waals surface area contributed by atoms with E-state index in [1.54, 1.807) is 24.1 Å². The summed E-state index contributed by atoms with van der Waals surface area (Å²) < 4.78 is 6.45. The van der Waals surface area contributed by atoms with Crippen LogP contribution >= 0.6 is 38.9 Å². The minimum Gasteiger partial charge on any atom is -0.494 e. The van der Waals surface area contributed by atoms with Gasteiger partial charge in [0.1, 0.15) is 10.6 Å². The van der Waals surface area contributed by atoms with E-state index in [9.17, 15) is 4.79 Å². The van der Waals surface area contributed by atoms with Crippen molar-refractivity contribution in [3.63, 3.8) is 0 Å². The summed E-state index contributed by atoms with van der Waals surface area (Å²) in [4.78, 5) is 14.6. The Bertz CT molecular complexity index is 600. The second kappa shape index (κ2) is 7.82. The van der Waals surface area contributed by atoms with Gasteiger partial charge in [0.15, 0.2) is 0 Å². The molecule has 6 heteroatoms. The van der Waals surface area contributed by atoms with Crippen LogP contribution in [0.4, 0.5) is 0 Å². The molecule has 1 aromatic heterocycles. The number of halogens is 2. The van der Waals surface area contributed by atoms with Crippen LogP contribution in [0.3, 0.4) is 0 Å². The third-order valence-corrected chi connectivity index (χ3v) is 4.96. The molecule has 0 bridgehead atoms. The highest BCUT2D eigenvalue weighted by Crippen LogP contribution is 2.23. The van der Waals surface area contributed by atoms with Crippen LogP contribution in [0.25, 0.3) is 0 Å². The number of carbonyl (C=O) groups is 1. The van der Waals surface area contributed by atoms with E-state index in [2.05, 4.69) is 15.9 Å². The lowest BCUT2D eigenvalue weighted by molar-refractivity contribution is 0.0792. The van der Waals surface area contributed by atoms with Gasteiger partial charge in [-0.3, -0.25) is 4.79 Å². The van der Waals surface area contributed by atoms with Crippen LogP contribution in [0.15, 0.2) is 40.2 Å². The molecule has 0 N–H and O–H groups in total. The van der Waals surface area contributed by atoms with E-state index in [4.69, 9.17) is 16.3 Å². The van der Waals surface area contributed by atoms with Gasteiger partial charge in [0.2, 0.25) is 0 Å². The molecule has 2 aromatic rings. The molecule has 0 saturated carbocycles. The van der Waals surface area contributed by atoms with Gasteiger partial charge in [0, 0.05) is 23.1 Å². The monoisotopic (exact) mass is 387 g/mol. The Morgan fingerprint density at radius 3 is 2.67 bits per heavy atom. The molecule has 0 aliphatic rings. The molecule has 0 saturated heterocycles. The number of hydrogen-bond donors (Lipinski definition) is 0. The highest BCUT2D eigenvalue weighted by Gasteiger charge is 2.15. The predicted octanol–water partition coefficient (Wildman–Crippen LogP) is 4.71. The van der Waals surface area contributed by atoms with E-state index in [1.165, 1.54) is 11.3 Å². The molecule has 0 spiro atoms. The van der Waals surface area contributed by atoms with E-state index in [0.717, 1.165) is 21.5 Å². The molecule has 0 fully saturated rings. The summed E-state index contributed by atoms with van der Waals surface area (Å²) in [5.74, 6) is 0.817. The first-order chi connectivity index (χ1) is 10.1. The molecule has 3 nitrogen and oxygen atoms in total. The fraction of sp³-hybridized carbons (Fsp3) is 0.267. The summed E-state index contributed by atoms with van der Waals surface area (Å²) in [5, 5.41) is 2.59. The highest BCUT2D eigenvalue weighted by molar-refractivity contribution is 9.10. The number of benzene rings is 1. The van der Waals surface area contributed by atoms with Gasteiger partial charge in [0.05, 0.1) is 6.61 Å². The summed E-state index contributed by atoms with van der Waals surface area (Å²) in [5.41, 5.74) is 0. The number of rotatable bonds is 6. The molecule has 1 heterocycles. The molecule has 2 rings (SSSR count). The Labute approximate surface area is 141 Å². The lowest BCUT2D eigenvalue weighted by Gasteiger charge is -2.16. The maximum Gasteiger partial charge on any atom is 0.264 e. The van der Waals surface area contributed by atoms with Crippen LogP contribution in [0, 0.1) is 0 Å². The summed E-state index contributed by atoms with van der Waals surface area (Å²) in [7, 11) is 1.80. The molecular formula is C15H15BrClNO2S. The highest BCUT2D eigenvalue weighted by atomic mass is 79.9. The molecular weight excluding hydrogens is 374 g/mol. The lowest BCUT2D eigenvalue weighted by atomic mass is 10.3. The maximum absolute atomic E-state index is 12.2. The van der Waals surface area contributed by atoms with Crippen molar-refractivity contribution in [3.05, 3.63) is 50.1 Å². The first kappa shape index (κ1) is 16.3. The van der Waals surface area contributed by atoms with Crippen molar-refractivity contribution >= 4 is 44.8 Å². The Hall–Kier alpha value is -1.04. The predicted molar refractivity (Wildman–Crippen MR) is 90.5 cm³/mol. The van der Waals surface area contributed by atoms with Gasteiger partial charge >= 0.3 is 0 Å². The van der Waals surface area contributed by atoms with Crippen molar-refractivity contribution in [2.45, 2.75) is 6.42 Å². The summed E-state index contributed by atoms with van der Waals surface area (Å²) >= 11 is 10.6. The van der Waals surface area contributed by atoms with Gasteiger partial charge in [0.25, 0.3) is 5.91 Å². The minimum atomic E-state index is 0.0309. The number of thiophene rings is 1. The topological polar surface area (TPSA) is 29.5 Å². The molecule has 0 unspecified atom stereocenters. The fourth-order valence-electron chi connectivity index (χ4n) is 1.74. The van der Waals surface area contributed by atoms with E-state index in [0.29, 0.717) is 18.2 Å². The van der Waals surface area contributed by atoms with E-state index in [1.807, 2.05) is 23.6 Å². The van der Waals surface area contributed by atoms with Gasteiger partial charge < -0.3 is 9.64 Å². The zero-order chi connectivity index (χ0) is 15.2. The van der Waals surface area contributed by atoms with Crippen molar-refractivity contribution in [3.8, 4) is 5.75 Å². The van der Waals surface area contributed by atoms with Crippen molar-refractivity contribution in [2.75, 3.05) is 20.2 Å². The number of hydrogen-bond acceptors (Lipinski definition) is 3.